The van der Waals surface area contributed by atoms with E-state index >= 15 is 0 Å². The van der Waals surface area contributed by atoms with Crippen molar-refractivity contribution in [1.82, 2.24) is 15.1 Å². The van der Waals surface area contributed by atoms with Gasteiger partial charge in [-0.2, -0.15) is 5.10 Å². The first-order valence-electron chi connectivity index (χ1n) is 6.00. The predicted octanol–water partition coefficient (Wildman–Crippen LogP) is 1.47. The van der Waals surface area contributed by atoms with Gasteiger partial charge in [0.25, 0.3) is 0 Å². The van der Waals surface area contributed by atoms with Gasteiger partial charge in [-0.25, -0.2) is 0 Å². The quantitative estimate of drug-likeness (QED) is 0.843. The third-order valence-corrected chi connectivity index (χ3v) is 3.05. The van der Waals surface area contributed by atoms with Gasteiger partial charge in [-0.3, -0.25) is 4.68 Å². The average Bonchev–Trinajstić information content (AvgIpc) is 2.60. The highest BCUT2D eigenvalue weighted by molar-refractivity contribution is 5.03. The van der Waals surface area contributed by atoms with Gasteiger partial charge in [-0.05, 0) is 26.7 Å². The second-order valence-electron chi connectivity index (χ2n) is 4.83. The van der Waals surface area contributed by atoms with E-state index in [2.05, 4.69) is 30.5 Å². The van der Waals surface area contributed by atoms with Gasteiger partial charge in [-0.1, -0.05) is 0 Å². The molecule has 2 rings (SSSR count). The lowest BCUT2D eigenvalue weighted by molar-refractivity contribution is -0.0422. The Kier molecular flexibility index (Phi) is 3.61. The first-order valence-corrected chi connectivity index (χ1v) is 6.00. The second kappa shape index (κ2) is 4.97. The maximum Gasteiger partial charge on any atom is 0.0565 e. The van der Waals surface area contributed by atoms with E-state index in [1.54, 1.807) is 0 Å². The maximum atomic E-state index is 5.72. The molecule has 2 unspecified atom stereocenters. The van der Waals surface area contributed by atoms with Crippen LogP contribution in [0.15, 0.2) is 12.4 Å². The summed E-state index contributed by atoms with van der Waals surface area (Å²) in [7, 11) is 1.95. The molecule has 4 nitrogen and oxygen atoms in total. The number of hydrogen-bond acceptors (Lipinski definition) is 3. The molecule has 1 aromatic heterocycles. The van der Waals surface area contributed by atoms with Crippen molar-refractivity contribution in [1.29, 1.82) is 0 Å². The lowest BCUT2D eigenvalue weighted by Gasteiger charge is -2.32. The molecule has 1 aliphatic rings. The van der Waals surface area contributed by atoms with Crippen LogP contribution in [0, 0.1) is 0 Å². The molecule has 1 saturated heterocycles. The summed E-state index contributed by atoms with van der Waals surface area (Å²) in [6, 6.07) is 0.568. The van der Waals surface area contributed by atoms with Crippen LogP contribution >= 0.6 is 0 Å². The van der Waals surface area contributed by atoms with Gasteiger partial charge in [0.1, 0.15) is 0 Å². The third kappa shape index (κ3) is 3.06. The predicted molar refractivity (Wildman–Crippen MR) is 63.1 cm³/mol. The molecular formula is C12H21N3O. The fourth-order valence-electron chi connectivity index (χ4n) is 2.40. The number of ether oxygens (including phenoxy) is 1. The Labute approximate surface area is 97.0 Å². The van der Waals surface area contributed by atoms with E-state index in [0.29, 0.717) is 18.2 Å². The third-order valence-electron chi connectivity index (χ3n) is 3.05. The minimum absolute atomic E-state index is 0.371. The van der Waals surface area contributed by atoms with Crippen LogP contribution in [0.25, 0.3) is 0 Å². The van der Waals surface area contributed by atoms with Crippen LogP contribution < -0.4 is 5.32 Å². The van der Waals surface area contributed by atoms with E-state index in [1.165, 1.54) is 5.56 Å². The minimum Gasteiger partial charge on any atom is -0.375 e. The fourth-order valence-corrected chi connectivity index (χ4v) is 2.40. The van der Waals surface area contributed by atoms with Gasteiger partial charge in [-0.15, -0.1) is 0 Å². The van der Waals surface area contributed by atoms with Crippen molar-refractivity contribution >= 4 is 0 Å². The number of nitrogens with one attached hydrogen (secondary N) is 1. The van der Waals surface area contributed by atoms with Gasteiger partial charge < -0.3 is 10.1 Å². The van der Waals surface area contributed by atoms with Crippen LogP contribution in [0.3, 0.4) is 0 Å². The monoisotopic (exact) mass is 223 g/mol. The van der Waals surface area contributed by atoms with Crippen molar-refractivity contribution in [3.63, 3.8) is 0 Å². The van der Waals surface area contributed by atoms with Crippen LogP contribution in [-0.2, 0) is 18.3 Å². The summed E-state index contributed by atoms with van der Waals surface area (Å²) >= 11 is 0. The van der Waals surface area contributed by atoms with Crippen molar-refractivity contribution in [2.45, 2.75) is 51.5 Å². The number of nitrogens with zero attached hydrogens (tertiary/aromatic N) is 2. The molecule has 0 saturated carbocycles. The summed E-state index contributed by atoms with van der Waals surface area (Å²) in [5, 5.41) is 7.74. The fraction of sp³-hybridized carbons (Fsp3) is 0.750. The number of hydrogen-bond donors (Lipinski definition) is 1. The Bertz CT molecular complexity index is 327. The molecule has 0 spiro atoms. The molecule has 16 heavy (non-hydrogen) atoms. The number of aromatic nitrogens is 2. The number of aryl methyl sites for hydroxylation is 1. The van der Waals surface area contributed by atoms with Gasteiger partial charge in [0.15, 0.2) is 0 Å². The van der Waals surface area contributed by atoms with Gasteiger partial charge in [0, 0.05) is 31.4 Å². The van der Waals surface area contributed by atoms with E-state index < -0.39 is 0 Å². The molecular weight excluding hydrogens is 202 g/mol. The largest absolute Gasteiger partial charge is 0.375 e. The zero-order valence-electron chi connectivity index (χ0n) is 10.3. The molecule has 0 aliphatic carbocycles. The molecule has 2 heterocycles. The minimum atomic E-state index is 0.371. The van der Waals surface area contributed by atoms with E-state index in [4.69, 9.17) is 4.74 Å². The first kappa shape index (κ1) is 11.6. The second-order valence-corrected chi connectivity index (χ2v) is 4.83. The zero-order valence-corrected chi connectivity index (χ0v) is 10.3. The molecule has 1 fully saturated rings. The summed E-state index contributed by atoms with van der Waals surface area (Å²) in [5.74, 6) is 0. The standard InChI is InChI=1S/C12H21N3O/c1-9-4-12(5-10(2)16-9)13-6-11-7-14-15(3)8-11/h7-10,12-13H,4-6H2,1-3H3. The Morgan fingerprint density at radius 3 is 2.69 bits per heavy atom. The Morgan fingerprint density at radius 1 is 1.44 bits per heavy atom. The van der Waals surface area contributed by atoms with Crippen molar-refractivity contribution in [3.8, 4) is 0 Å². The zero-order chi connectivity index (χ0) is 11.5. The highest BCUT2D eigenvalue weighted by Gasteiger charge is 2.23. The van der Waals surface area contributed by atoms with Crippen LogP contribution in [0.2, 0.25) is 0 Å². The maximum absolute atomic E-state index is 5.72. The topological polar surface area (TPSA) is 39.1 Å². The van der Waals surface area contributed by atoms with E-state index in [0.717, 1.165) is 19.4 Å². The van der Waals surface area contributed by atoms with E-state index in [9.17, 15) is 0 Å². The van der Waals surface area contributed by atoms with Crippen molar-refractivity contribution in [2.75, 3.05) is 0 Å². The summed E-state index contributed by atoms with van der Waals surface area (Å²) in [5.41, 5.74) is 1.24. The first-order chi connectivity index (χ1) is 7.63. The van der Waals surface area contributed by atoms with Crippen LogP contribution in [-0.4, -0.2) is 28.0 Å². The molecule has 1 N–H and O–H groups in total. The molecule has 1 aromatic rings. The molecule has 0 radical (unpaired) electrons. The molecule has 1 aliphatic heterocycles. The van der Waals surface area contributed by atoms with Crippen LogP contribution in [0.1, 0.15) is 32.3 Å². The molecule has 2 atom stereocenters. The summed E-state index contributed by atoms with van der Waals surface area (Å²) in [6.45, 7) is 5.20. The van der Waals surface area contributed by atoms with Gasteiger partial charge in [0.2, 0.25) is 0 Å². The molecule has 0 bridgehead atoms. The highest BCUT2D eigenvalue weighted by atomic mass is 16.5. The van der Waals surface area contributed by atoms with E-state index in [1.807, 2.05) is 17.9 Å². The SMILES string of the molecule is CC1CC(NCc2cnn(C)c2)CC(C)O1. The van der Waals surface area contributed by atoms with Crippen molar-refractivity contribution in [2.24, 2.45) is 7.05 Å². The molecule has 4 heteroatoms. The lowest BCUT2D eigenvalue weighted by Crippen LogP contribution is -2.40. The molecule has 90 valence electrons. The molecule has 0 amide bonds. The Morgan fingerprint density at radius 2 is 2.12 bits per heavy atom. The Balaban J connectivity index is 1.81. The summed E-state index contributed by atoms with van der Waals surface area (Å²) in [6.07, 6.45) is 6.92. The smallest absolute Gasteiger partial charge is 0.0565 e. The van der Waals surface area contributed by atoms with Crippen molar-refractivity contribution < 1.29 is 4.74 Å². The molecule has 0 aromatic carbocycles. The lowest BCUT2D eigenvalue weighted by atomic mass is 10.00. The van der Waals surface area contributed by atoms with E-state index in [-0.39, 0.29) is 0 Å². The summed E-state index contributed by atoms with van der Waals surface area (Å²) < 4.78 is 7.56. The highest BCUT2D eigenvalue weighted by Crippen LogP contribution is 2.19. The van der Waals surface area contributed by atoms with Crippen LogP contribution in [0.4, 0.5) is 0 Å². The van der Waals surface area contributed by atoms with Gasteiger partial charge >= 0.3 is 0 Å². The van der Waals surface area contributed by atoms with Crippen molar-refractivity contribution in [3.05, 3.63) is 18.0 Å². The summed E-state index contributed by atoms with van der Waals surface area (Å²) in [4.78, 5) is 0. The van der Waals surface area contributed by atoms with Gasteiger partial charge in [0.05, 0.1) is 18.4 Å². The normalized spacial score (nSPS) is 30.6. The Hall–Kier alpha value is -0.870. The average molecular weight is 223 g/mol. The number of rotatable bonds is 3. The van der Waals surface area contributed by atoms with Crippen LogP contribution in [0.5, 0.6) is 0 Å².